The van der Waals surface area contributed by atoms with Crippen LogP contribution in [0, 0.1) is 11.8 Å². The molecule has 0 aliphatic heterocycles. The van der Waals surface area contributed by atoms with Crippen LogP contribution in [0.2, 0.25) is 0 Å². The molecule has 0 heterocycles. The lowest BCUT2D eigenvalue weighted by Crippen LogP contribution is -2.41. The van der Waals surface area contributed by atoms with Crippen molar-refractivity contribution in [3.05, 3.63) is 0 Å². The van der Waals surface area contributed by atoms with Gasteiger partial charge in [-0.2, -0.15) is 26.3 Å². The van der Waals surface area contributed by atoms with Gasteiger partial charge in [-0.25, -0.2) is 0 Å². The average Bonchev–Trinajstić information content (AvgIpc) is 2.51. The summed E-state index contributed by atoms with van der Waals surface area (Å²) in [6.45, 7) is 4.69. The summed E-state index contributed by atoms with van der Waals surface area (Å²) >= 11 is 0. The number of carbonyl (C=O) groups is 1. The van der Waals surface area contributed by atoms with E-state index < -0.39 is 42.8 Å². The number of ketones is 1. The number of halogens is 6. The highest BCUT2D eigenvalue weighted by molar-refractivity contribution is 5.84. The molecule has 2 unspecified atom stereocenters. The molecule has 0 saturated heterocycles. The molecular formula is C17H28F6O3. The van der Waals surface area contributed by atoms with E-state index in [0.29, 0.717) is 13.2 Å². The van der Waals surface area contributed by atoms with Crippen LogP contribution in [0.15, 0.2) is 0 Å². The van der Waals surface area contributed by atoms with Gasteiger partial charge in [0.1, 0.15) is 11.8 Å². The number of hydrogen-bond donors (Lipinski definition) is 0. The molecule has 26 heavy (non-hydrogen) atoms. The lowest BCUT2D eigenvalue weighted by Gasteiger charge is -2.26. The van der Waals surface area contributed by atoms with Crippen LogP contribution in [-0.4, -0.2) is 44.6 Å². The third kappa shape index (κ3) is 10.4. The summed E-state index contributed by atoms with van der Waals surface area (Å²) in [6.07, 6.45) is -10.8. The van der Waals surface area contributed by atoms with Gasteiger partial charge in [0.2, 0.25) is 0 Å². The lowest BCUT2D eigenvalue weighted by molar-refractivity contribution is -0.208. The maximum Gasteiger partial charge on any atom is 0.398 e. The first-order chi connectivity index (χ1) is 12.1. The number of carbonyl (C=O) groups excluding carboxylic acids is 1. The van der Waals surface area contributed by atoms with Crippen molar-refractivity contribution in [3.63, 3.8) is 0 Å². The van der Waals surface area contributed by atoms with Crippen LogP contribution in [0.1, 0.15) is 52.4 Å². The second-order valence-corrected chi connectivity index (χ2v) is 5.98. The molecule has 2 atom stereocenters. The Balaban J connectivity index is 4.89. The topological polar surface area (TPSA) is 35.5 Å². The highest BCUT2D eigenvalue weighted by Crippen LogP contribution is 2.39. The maximum absolute atomic E-state index is 13.1. The van der Waals surface area contributed by atoms with Gasteiger partial charge in [0.15, 0.2) is 5.78 Å². The van der Waals surface area contributed by atoms with E-state index in [1.807, 2.05) is 0 Å². The summed E-state index contributed by atoms with van der Waals surface area (Å²) in [5, 5.41) is 0. The summed E-state index contributed by atoms with van der Waals surface area (Å²) < 4.78 is 88.8. The molecule has 3 nitrogen and oxygen atoms in total. The minimum atomic E-state index is -4.99. The van der Waals surface area contributed by atoms with Gasteiger partial charge < -0.3 is 9.47 Å². The predicted molar refractivity (Wildman–Crippen MR) is 84.8 cm³/mol. The van der Waals surface area contributed by atoms with Crippen LogP contribution in [0.4, 0.5) is 26.3 Å². The van der Waals surface area contributed by atoms with E-state index in [0.717, 1.165) is 0 Å². The van der Waals surface area contributed by atoms with Gasteiger partial charge in [0.05, 0.1) is 0 Å². The Bertz CT molecular complexity index is 348. The minimum absolute atomic E-state index is 0.0230. The van der Waals surface area contributed by atoms with Gasteiger partial charge in [-0.15, -0.1) is 0 Å². The van der Waals surface area contributed by atoms with Gasteiger partial charge in [0.25, 0.3) is 0 Å². The molecular weight excluding hydrogens is 366 g/mol. The fraction of sp³-hybridized carbons (Fsp3) is 0.941. The largest absolute Gasteiger partial charge is 0.398 e. The monoisotopic (exact) mass is 394 g/mol. The van der Waals surface area contributed by atoms with Gasteiger partial charge in [-0.1, -0.05) is 12.8 Å². The predicted octanol–water partition coefficient (Wildman–Crippen LogP) is 5.33. The van der Waals surface area contributed by atoms with Crippen LogP contribution in [0.3, 0.4) is 0 Å². The van der Waals surface area contributed by atoms with Gasteiger partial charge in [0, 0.05) is 26.4 Å². The molecule has 0 amide bonds. The zero-order valence-electron chi connectivity index (χ0n) is 15.2. The molecule has 0 rings (SSSR count). The molecule has 0 saturated carbocycles. The molecule has 0 aromatic carbocycles. The Labute approximate surface area is 150 Å². The van der Waals surface area contributed by atoms with Crippen molar-refractivity contribution in [2.45, 2.75) is 64.7 Å². The smallest absolute Gasteiger partial charge is 0.382 e. The Morgan fingerprint density at radius 1 is 0.731 bits per heavy atom. The Morgan fingerprint density at radius 2 is 1.08 bits per heavy atom. The maximum atomic E-state index is 13.1. The quantitative estimate of drug-likeness (QED) is 0.295. The fourth-order valence-electron chi connectivity index (χ4n) is 2.57. The second kappa shape index (κ2) is 12.5. The van der Waals surface area contributed by atoms with Crippen LogP contribution in [-0.2, 0) is 14.3 Å². The molecule has 0 spiro atoms. The van der Waals surface area contributed by atoms with Gasteiger partial charge >= 0.3 is 12.4 Å². The molecule has 0 fully saturated rings. The molecule has 0 N–H and O–H groups in total. The number of unbranched alkanes of at least 4 members (excludes halogenated alkanes) is 2. The molecule has 9 heteroatoms. The van der Waals surface area contributed by atoms with Crippen molar-refractivity contribution in [2.24, 2.45) is 11.8 Å². The number of alkyl halides is 6. The molecule has 0 aromatic heterocycles. The summed E-state index contributed by atoms with van der Waals surface area (Å²) in [5.41, 5.74) is 0. The van der Waals surface area contributed by atoms with Gasteiger partial charge in [-0.3, -0.25) is 4.79 Å². The highest BCUT2D eigenvalue weighted by Gasteiger charge is 2.53. The fourth-order valence-corrected chi connectivity index (χ4v) is 2.57. The Kier molecular flexibility index (Phi) is 12.1. The molecule has 156 valence electrons. The Morgan fingerprint density at radius 3 is 1.35 bits per heavy atom. The van der Waals surface area contributed by atoms with Crippen molar-refractivity contribution >= 4 is 5.78 Å². The van der Waals surface area contributed by atoms with E-state index in [1.165, 1.54) is 0 Å². The number of Topliss-reactive ketones (excluding diaryl/α,β-unsaturated/α-hetero) is 1. The van der Waals surface area contributed by atoms with Crippen molar-refractivity contribution in [3.8, 4) is 0 Å². The highest BCUT2D eigenvalue weighted by atomic mass is 19.4. The number of rotatable bonds is 14. The zero-order chi connectivity index (χ0) is 20.2. The average molecular weight is 394 g/mol. The van der Waals surface area contributed by atoms with Gasteiger partial charge in [-0.05, 0) is 39.5 Å². The van der Waals surface area contributed by atoms with E-state index in [-0.39, 0.29) is 38.9 Å². The zero-order valence-corrected chi connectivity index (χ0v) is 15.2. The molecule has 0 bridgehead atoms. The summed E-state index contributed by atoms with van der Waals surface area (Å²) in [4.78, 5) is 12.1. The molecule has 0 aliphatic carbocycles. The van der Waals surface area contributed by atoms with E-state index >= 15 is 0 Å². The van der Waals surface area contributed by atoms with Crippen molar-refractivity contribution < 1.29 is 40.6 Å². The first-order valence-corrected chi connectivity index (χ1v) is 8.88. The van der Waals surface area contributed by atoms with Crippen LogP contribution < -0.4 is 0 Å². The van der Waals surface area contributed by atoms with Crippen molar-refractivity contribution in [1.82, 2.24) is 0 Å². The third-order valence-electron chi connectivity index (χ3n) is 3.95. The SMILES string of the molecule is CCOCCCCC(C(=O)C(CCCCOCC)C(F)(F)F)C(F)(F)F. The minimum Gasteiger partial charge on any atom is -0.382 e. The van der Waals surface area contributed by atoms with E-state index in [1.54, 1.807) is 13.8 Å². The summed E-state index contributed by atoms with van der Waals surface area (Å²) in [6, 6.07) is 0. The molecule has 0 aliphatic rings. The van der Waals surface area contributed by atoms with Crippen LogP contribution in [0.25, 0.3) is 0 Å². The lowest BCUT2D eigenvalue weighted by atomic mass is 9.85. The second-order valence-electron chi connectivity index (χ2n) is 5.98. The standard InChI is InChI=1S/C17H28F6O3/c1-3-25-11-7-5-9-13(16(18,19)20)15(24)14(17(21,22)23)10-6-8-12-26-4-2/h13-14H,3-12H2,1-2H3. The first kappa shape index (κ1) is 25.2. The molecule has 0 radical (unpaired) electrons. The normalized spacial score (nSPS) is 15.1. The Hall–Kier alpha value is -0.830. The molecule has 0 aromatic rings. The number of hydrogen-bond acceptors (Lipinski definition) is 3. The summed E-state index contributed by atoms with van der Waals surface area (Å²) in [5.74, 6) is -6.97. The van der Waals surface area contributed by atoms with Crippen molar-refractivity contribution in [2.75, 3.05) is 26.4 Å². The van der Waals surface area contributed by atoms with E-state index in [9.17, 15) is 31.1 Å². The first-order valence-electron chi connectivity index (χ1n) is 8.88. The van der Waals surface area contributed by atoms with Crippen LogP contribution >= 0.6 is 0 Å². The van der Waals surface area contributed by atoms with E-state index in [2.05, 4.69) is 0 Å². The van der Waals surface area contributed by atoms with Crippen molar-refractivity contribution in [1.29, 1.82) is 0 Å². The summed E-state index contributed by atoms with van der Waals surface area (Å²) in [7, 11) is 0. The third-order valence-corrected chi connectivity index (χ3v) is 3.95. The van der Waals surface area contributed by atoms with E-state index in [4.69, 9.17) is 9.47 Å². The van der Waals surface area contributed by atoms with Crippen LogP contribution in [0.5, 0.6) is 0 Å². The number of ether oxygens (including phenoxy) is 2.